The van der Waals surface area contributed by atoms with Crippen LogP contribution in [0, 0.1) is 0 Å². The smallest absolute Gasteiger partial charge is 0.341 e. The Labute approximate surface area is 153 Å². The molecule has 1 N–H and O–H groups in total. The molecule has 0 bridgehead atoms. The van der Waals surface area contributed by atoms with Crippen molar-refractivity contribution in [2.24, 2.45) is 0 Å². The van der Waals surface area contributed by atoms with Crippen LogP contribution in [0.15, 0.2) is 40.6 Å². The summed E-state index contributed by atoms with van der Waals surface area (Å²) in [5, 5.41) is 4.29. The van der Waals surface area contributed by atoms with Gasteiger partial charge in [-0.2, -0.15) is 0 Å². The second kappa shape index (κ2) is 6.89. The van der Waals surface area contributed by atoms with Gasteiger partial charge in [0.25, 0.3) is 15.9 Å². The van der Waals surface area contributed by atoms with Crippen molar-refractivity contribution in [3.63, 3.8) is 0 Å². The number of nitrogens with zero attached hydrogens (tertiary/aromatic N) is 1. The fraction of sp³-hybridized carbons (Fsp3) is 0.188. The maximum absolute atomic E-state index is 12.4. The van der Waals surface area contributed by atoms with E-state index in [1.165, 1.54) is 24.3 Å². The SMILES string of the molecule is CCOC(=O)c1ccsc1NC(=O)CN1C(=O)c2ccccc2S1(=O)=O. The number of rotatable bonds is 5. The van der Waals surface area contributed by atoms with Crippen molar-refractivity contribution in [1.82, 2.24) is 4.31 Å². The van der Waals surface area contributed by atoms with Gasteiger partial charge < -0.3 is 10.1 Å². The minimum atomic E-state index is -4.07. The van der Waals surface area contributed by atoms with Crippen LogP contribution in [-0.2, 0) is 19.6 Å². The number of sulfonamides is 1. The maximum atomic E-state index is 12.4. The van der Waals surface area contributed by atoms with E-state index in [9.17, 15) is 22.8 Å². The third kappa shape index (κ3) is 3.08. The number of ether oxygens (including phenoxy) is 1. The molecule has 3 rings (SSSR count). The third-order valence-corrected chi connectivity index (χ3v) is 6.23. The first kappa shape index (κ1) is 18.1. The molecule has 136 valence electrons. The number of esters is 1. The molecule has 0 saturated carbocycles. The van der Waals surface area contributed by atoms with Crippen LogP contribution < -0.4 is 5.32 Å². The Bertz CT molecular complexity index is 996. The molecule has 2 aromatic rings. The van der Waals surface area contributed by atoms with Gasteiger partial charge in [0, 0.05) is 0 Å². The fourth-order valence-corrected chi connectivity index (χ4v) is 4.78. The number of hydrogen-bond donors (Lipinski definition) is 1. The first-order chi connectivity index (χ1) is 12.4. The molecular formula is C16H14N2O6S2. The average molecular weight is 394 g/mol. The van der Waals surface area contributed by atoms with Crippen LogP contribution in [-0.4, -0.2) is 43.7 Å². The molecule has 2 heterocycles. The summed E-state index contributed by atoms with van der Waals surface area (Å²) < 4.78 is 30.3. The Morgan fingerprint density at radius 2 is 1.96 bits per heavy atom. The summed E-state index contributed by atoms with van der Waals surface area (Å²) >= 11 is 1.09. The zero-order valence-electron chi connectivity index (χ0n) is 13.6. The highest BCUT2D eigenvalue weighted by Gasteiger charge is 2.41. The lowest BCUT2D eigenvalue weighted by Crippen LogP contribution is -2.37. The van der Waals surface area contributed by atoms with E-state index in [1.807, 2.05) is 0 Å². The second-order valence-electron chi connectivity index (χ2n) is 5.25. The summed E-state index contributed by atoms with van der Waals surface area (Å²) in [6.45, 7) is 1.15. The van der Waals surface area contributed by atoms with E-state index in [0.29, 0.717) is 4.31 Å². The van der Waals surface area contributed by atoms with Gasteiger partial charge in [-0.15, -0.1) is 11.3 Å². The lowest BCUT2D eigenvalue weighted by Gasteiger charge is -2.14. The number of carbonyl (C=O) groups is 3. The zero-order chi connectivity index (χ0) is 18.9. The molecule has 0 atom stereocenters. The zero-order valence-corrected chi connectivity index (χ0v) is 15.2. The van der Waals surface area contributed by atoms with Crippen molar-refractivity contribution in [3.05, 3.63) is 46.8 Å². The standard InChI is InChI=1S/C16H14N2O6S2/c1-2-24-16(21)11-7-8-25-14(11)17-13(19)9-18-15(20)10-5-3-4-6-12(10)26(18,22)23/h3-8H,2,9H2,1H3,(H,17,19). The second-order valence-corrected chi connectivity index (χ2v) is 7.99. The minimum Gasteiger partial charge on any atom is -0.462 e. The Hall–Kier alpha value is -2.72. The summed E-state index contributed by atoms with van der Waals surface area (Å²) in [7, 11) is -4.07. The number of hydrogen-bond acceptors (Lipinski definition) is 7. The summed E-state index contributed by atoms with van der Waals surface area (Å²) in [5.74, 6) is -2.09. The van der Waals surface area contributed by atoms with E-state index in [0.717, 1.165) is 11.3 Å². The van der Waals surface area contributed by atoms with Crippen LogP contribution in [0.1, 0.15) is 27.6 Å². The number of carbonyl (C=O) groups excluding carboxylic acids is 3. The van der Waals surface area contributed by atoms with Gasteiger partial charge >= 0.3 is 5.97 Å². The van der Waals surface area contributed by atoms with Crippen molar-refractivity contribution in [2.45, 2.75) is 11.8 Å². The molecule has 2 amide bonds. The first-order valence-corrected chi connectivity index (χ1v) is 9.88. The molecule has 1 aliphatic heterocycles. The molecule has 1 aromatic carbocycles. The Morgan fingerprint density at radius 3 is 2.65 bits per heavy atom. The number of fused-ring (bicyclic) bond motifs is 1. The van der Waals surface area contributed by atoms with Crippen LogP contribution in [0.25, 0.3) is 0 Å². The topological polar surface area (TPSA) is 110 Å². The molecule has 0 fully saturated rings. The highest BCUT2D eigenvalue weighted by atomic mass is 32.2. The number of benzene rings is 1. The molecule has 0 unspecified atom stereocenters. The van der Waals surface area contributed by atoms with Gasteiger partial charge in [-0.1, -0.05) is 12.1 Å². The number of nitrogens with one attached hydrogen (secondary N) is 1. The van der Waals surface area contributed by atoms with Crippen molar-refractivity contribution < 1.29 is 27.5 Å². The van der Waals surface area contributed by atoms with Crippen LogP contribution >= 0.6 is 11.3 Å². The molecule has 1 aromatic heterocycles. The highest BCUT2D eigenvalue weighted by molar-refractivity contribution is 7.90. The summed E-state index contributed by atoms with van der Waals surface area (Å²) in [5.41, 5.74) is 0.202. The molecule has 26 heavy (non-hydrogen) atoms. The van der Waals surface area contributed by atoms with E-state index in [1.54, 1.807) is 18.4 Å². The summed E-state index contributed by atoms with van der Waals surface area (Å²) in [6, 6.07) is 7.26. The minimum absolute atomic E-state index is 0.0311. The molecular weight excluding hydrogens is 380 g/mol. The van der Waals surface area contributed by atoms with Gasteiger partial charge in [0.1, 0.15) is 16.4 Å². The Morgan fingerprint density at radius 1 is 1.23 bits per heavy atom. The van der Waals surface area contributed by atoms with Gasteiger partial charge in [0.2, 0.25) is 5.91 Å². The van der Waals surface area contributed by atoms with Crippen LogP contribution in [0.2, 0.25) is 0 Å². The number of amides is 2. The summed E-state index contributed by atoms with van der Waals surface area (Å²) in [6.07, 6.45) is 0. The van der Waals surface area contributed by atoms with Gasteiger partial charge in [-0.05, 0) is 30.5 Å². The molecule has 0 spiro atoms. The van der Waals surface area contributed by atoms with Crippen molar-refractivity contribution in [2.75, 3.05) is 18.5 Å². The molecule has 0 aliphatic carbocycles. The van der Waals surface area contributed by atoms with E-state index >= 15 is 0 Å². The van der Waals surface area contributed by atoms with Gasteiger partial charge in [-0.3, -0.25) is 9.59 Å². The van der Waals surface area contributed by atoms with E-state index in [4.69, 9.17) is 4.74 Å². The maximum Gasteiger partial charge on any atom is 0.341 e. The Balaban J connectivity index is 1.77. The number of thiophene rings is 1. The molecule has 0 radical (unpaired) electrons. The predicted octanol–water partition coefficient (Wildman–Crippen LogP) is 1.71. The Kier molecular flexibility index (Phi) is 4.79. The van der Waals surface area contributed by atoms with Crippen molar-refractivity contribution >= 4 is 44.1 Å². The van der Waals surface area contributed by atoms with Gasteiger partial charge in [0.05, 0.1) is 17.7 Å². The molecule has 0 saturated heterocycles. The van der Waals surface area contributed by atoms with Crippen LogP contribution in [0.5, 0.6) is 0 Å². The van der Waals surface area contributed by atoms with Crippen LogP contribution in [0.4, 0.5) is 5.00 Å². The normalized spacial score (nSPS) is 14.8. The average Bonchev–Trinajstić information content (AvgIpc) is 3.13. The first-order valence-electron chi connectivity index (χ1n) is 7.56. The quantitative estimate of drug-likeness (QED) is 0.773. The van der Waals surface area contributed by atoms with Gasteiger partial charge in [-0.25, -0.2) is 17.5 Å². The van der Waals surface area contributed by atoms with Crippen LogP contribution in [0.3, 0.4) is 0 Å². The number of anilines is 1. The molecule has 8 nitrogen and oxygen atoms in total. The fourth-order valence-electron chi connectivity index (χ4n) is 2.46. The van der Waals surface area contributed by atoms with E-state index in [-0.39, 0.29) is 27.6 Å². The lowest BCUT2D eigenvalue weighted by molar-refractivity contribution is -0.116. The van der Waals surface area contributed by atoms with Gasteiger partial charge in [0.15, 0.2) is 0 Å². The molecule has 10 heteroatoms. The summed E-state index contributed by atoms with van der Waals surface area (Å²) in [4.78, 5) is 36.3. The third-order valence-electron chi connectivity index (χ3n) is 3.61. The predicted molar refractivity (Wildman–Crippen MR) is 93.6 cm³/mol. The monoisotopic (exact) mass is 394 g/mol. The molecule has 1 aliphatic rings. The highest BCUT2D eigenvalue weighted by Crippen LogP contribution is 2.30. The van der Waals surface area contributed by atoms with Crippen molar-refractivity contribution in [1.29, 1.82) is 0 Å². The lowest BCUT2D eigenvalue weighted by atomic mass is 10.2. The largest absolute Gasteiger partial charge is 0.462 e. The van der Waals surface area contributed by atoms with E-state index < -0.39 is 34.4 Å². The van der Waals surface area contributed by atoms with E-state index in [2.05, 4.69) is 5.32 Å². The van der Waals surface area contributed by atoms with Crippen molar-refractivity contribution in [3.8, 4) is 0 Å².